The molecule has 7 rings (SSSR count). The Morgan fingerprint density at radius 1 is 0.750 bits per heavy atom. The molecule has 18 nitrogen and oxygen atoms in total. The molecule has 1 aromatic heterocycles. The number of carbonyl (C=O) groups excluding carboxylic acids is 2. The first-order valence-electron chi connectivity index (χ1n) is 22.3. The molecule has 0 unspecified atom stereocenters. The molecule has 0 saturated carbocycles. The summed E-state index contributed by atoms with van der Waals surface area (Å²) in [7, 11) is 1.27. The molecule has 0 bridgehead atoms. The number of nitrogens with one attached hydrogen (secondary N) is 3. The van der Waals surface area contributed by atoms with Crippen molar-refractivity contribution in [2.45, 2.75) is 20.0 Å². The number of anilines is 3. The number of hydrogen-bond donors (Lipinski definition) is 7. The summed E-state index contributed by atoms with van der Waals surface area (Å²) in [5.41, 5.74) is 0.908. The van der Waals surface area contributed by atoms with E-state index < -0.39 is 46.5 Å². The van der Waals surface area contributed by atoms with E-state index in [4.69, 9.17) is 40.9 Å². The molecule has 0 atom stereocenters. The first kappa shape index (κ1) is 57.6. The van der Waals surface area contributed by atoms with E-state index in [0.29, 0.717) is 50.1 Å². The van der Waals surface area contributed by atoms with Gasteiger partial charge in [-0.05, 0) is 61.4 Å². The second-order valence-corrected chi connectivity index (χ2v) is 19.3. The molecule has 1 heterocycles. The number of aliphatic carboxylic acids is 2. The lowest BCUT2D eigenvalue weighted by Crippen LogP contribution is -2.15. The van der Waals surface area contributed by atoms with Crippen LogP contribution in [-0.2, 0) is 25.5 Å². The number of aromatic hydroxyl groups is 2. The van der Waals surface area contributed by atoms with Gasteiger partial charge in [0.25, 0.3) is 11.8 Å². The van der Waals surface area contributed by atoms with Crippen LogP contribution >= 0.6 is 46.5 Å². The minimum absolute atomic E-state index is 0.00933. The zero-order valence-corrected chi connectivity index (χ0v) is 43.6. The number of thiazole rings is 1. The number of rotatable bonds is 23. The molecule has 0 aliphatic rings. The van der Waals surface area contributed by atoms with E-state index in [0.717, 1.165) is 29.3 Å². The average molecular weight is 1130 g/mol. The molecule has 2 amide bonds. The Morgan fingerprint density at radius 2 is 1.36 bits per heavy atom. The van der Waals surface area contributed by atoms with E-state index in [9.17, 15) is 42.6 Å². The van der Waals surface area contributed by atoms with Crippen LogP contribution in [0.2, 0.25) is 5.02 Å². The molecule has 25 heteroatoms. The number of amides is 2. The van der Waals surface area contributed by atoms with E-state index in [2.05, 4.69) is 30.8 Å². The number of ether oxygens (including phenoxy) is 3. The highest BCUT2D eigenvalue weighted by molar-refractivity contribution is 8.00. The predicted octanol–water partition coefficient (Wildman–Crippen LogP) is 11.4. The van der Waals surface area contributed by atoms with E-state index in [-0.39, 0.29) is 81.3 Å². The topological polar surface area (TPSA) is 257 Å². The van der Waals surface area contributed by atoms with Gasteiger partial charge in [0.05, 0.1) is 64.7 Å². The van der Waals surface area contributed by atoms with E-state index in [1.807, 2.05) is 13.0 Å². The quantitative estimate of drug-likeness (QED) is 0.00785. The Labute approximate surface area is 449 Å². The molecule has 400 valence electrons. The van der Waals surface area contributed by atoms with Crippen LogP contribution in [0.15, 0.2) is 102 Å². The zero-order valence-electron chi connectivity index (χ0n) is 40.4. The van der Waals surface area contributed by atoms with Crippen LogP contribution in [0.1, 0.15) is 37.5 Å². The molecule has 76 heavy (non-hydrogen) atoms. The fourth-order valence-corrected chi connectivity index (χ4v) is 9.03. The number of carbonyl (C=O) groups is 4. The molecule has 6 aromatic carbocycles. The normalized spacial score (nSPS) is 11.2. The summed E-state index contributed by atoms with van der Waals surface area (Å²) in [5.74, 6) is -2.44. The van der Waals surface area contributed by atoms with Crippen LogP contribution in [0.25, 0.3) is 21.5 Å². The molecular weight excluding hydrogens is 1080 g/mol. The maximum atomic E-state index is 13.8. The number of aryl methyl sites for hydroxylation is 2. The lowest BCUT2D eigenvalue weighted by atomic mass is 10.0. The van der Waals surface area contributed by atoms with Gasteiger partial charge in [-0.15, -0.1) is 23.5 Å². The average Bonchev–Trinajstić information content (AvgIpc) is 3.79. The van der Waals surface area contributed by atoms with Crippen molar-refractivity contribution in [3.8, 4) is 28.7 Å². The van der Waals surface area contributed by atoms with Gasteiger partial charge in [-0.3, -0.25) is 24.5 Å². The van der Waals surface area contributed by atoms with E-state index in [1.54, 1.807) is 79.7 Å². The van der Waals surface area contributed by atoms with Gasteiger partial charge < -0.3 is 50.2 Å². The van der Waals surface area contributed by atoms with Crippen molar-refractivity contribution in [1.29, 1.82) is 0 Å². The molecule has 0 saturated heterocycles. The van der Waals surface area contributed by atoms with Gasteiger partial charge in [0.15, 0.2) is 17.6 Å². The number of hydrogen-bond acceptors (Lipinski definition) is 17. The summed E-state index contributed by atoms with van der Waals surface area (Å²) in [5, 5.41) is 48.2. The van der Waals surface area contributed by atoms with Gasteiger partial charge in [-0.2, -0.15) is 18.1 Å². The number of aromatic nitrogens is 1. The number of carboxylic acid groups (broad SMARTS) is 2. The van der Waals surface area contributed by atoms with Crippen molar-refractivity contribution >= 4 is 120 Å². The SMILES string of the molecule is COOC=Nc1cccc2c(O)c(C(=O)Nc3nc(C(F)(F)F)c(NCOc4ccccc4C)s3)cc(OCCSCC(=O)O)c12.Cc1ccc(Cl)c(NC(=O)c2cc(OCCSCC(=O)O)c3ccccc3c2O)c1. The molecule has 7 N–H and O–H groups in total. The van der Waals surface area contributed by atoms with Crippen molar-refractivity contribution in [3.05, 3.63) is 130 Å². The Kier molecular flexibility index (Phi) is 20.7. The van der Waals surface area contributed by atoms with Crippen molar-refractivity contribution in [3.63, 3.8) is 0 Å². The molecule has 0 radical (unpaired) electrons. The molecule has 0 aliphatic heterocycles. The minimum atomic E-state index is -4.85. The number of para-hydroxylation sites is 1. The number of carboxylic acids is 2. The van der Waals surface area contributed by atoms with Crippen LogP contribution < -0.4 is 30.2 Å². The number of aliphatic imine (C=N–C) groups is 1. The number of phenolic OH excluding ortho intramolecular Hbond substituents is 2. The largest absolute Gasteiger partial charge is 0.506 e. The Hall–Kier alpha value is -7.64. The fraction of sp³-hybridized carbons (Fsp3) is 0.216. The standard InChI is InChI=1S/C29H27F3N4O8S2.C22H20ClNO5S/c1-16-6-3-4-9-20(16)43-14-34-27-25(29(30,31)32)35-28(46-27)36-26(40)18-12-21(42-10-11-45-13-22(37)38)23-17(24(18)39)7-5-8-19(23)33-15-44-41-2;1-13-6-7-17(23)18(10-13)24-22(28)16-11-19(29-8-9-30-12-20(25)26)14-4-2-3-5-15(14)21(16)27/h3-9,12,15,34,39H,10-11,13-14H2,1-2H3,(H,37,38)(H,35,36,40);2-7,10-11,27H,8-9,12H2,1H3,(H,24,28)(H,25,26). The highest BCUT2D eigenvalue weighted by atomic mass is 35.5. The Balaban J connectivity index is 0.000000269. The number of thioether (sulfide) groups is 2. The third-order valence-electron chi connectivity index (χ3n) is 10.3. The zero-order chi connectivity index (χ0) is 54.9. The highest BCUT2D eigenvalue weighted by Gasteiger charge is 2.38. The number of alkyl halides is 3. The number of nitrogens with zero attached hydrogens (tertiary/aromatic N) is 2. The number of halogens is 4. The van der Waals surface area contributed by atoms with Crippen molar-refractivity contribution in [1.82, 2.24) is 4.98 Å². The summed E-state index contributed by atoms with van der Waals surface area (Å²) in [6, 6.07) is 26.6. The van der Waals surface area contributed by atoms with Gasteiger partial charge >= 0.3 is 18.1 Å². The summed E-state index contributed by atoms with van der Waals surface area (Å²) >= 11 is 9.04. The third-order valence-corrected chi connectivity index (χ3v) is 13.4. The number of phenols is 2. The van der Waals surface area contributed by atoms with Gasteiger partial charge in [0, 0.05) is 27.7 Å². The van der Waals surface area contributed by atoms with E-state index >= 15 is 0 Å². The monoisotopic (exact) mass is 1130 g/mol. The van der Waals surface area contributed by atoms with Crippen LogP contribution in [0.3, 0.4) is 0 Å². The summed E-state index contributed by atoms with van der Waals surface area (Å²) < 4.78 is 58.7. The summed E-state index contributed by atoms with van der Waals surface area (Å²) in [6.07, 6.45) is -3.85. The maximum Gasteiger partial charge on any atom is 0.436 e. The summed E-state index contributed by atoms with van der Waals surface area (Å²) in [6.45, 7) is 3.65. The van der Waals surface area contributed by atoms with E-state index in [1.165, 1.54) is 37.1 Å². The Bertz CT molecular complexity index is 3260. The highest BCUT2D eigenvalue weighted by Crippen LogP contribution is 2.44. The number of fused-ring (bicyclic) bond motifs is 2. The number of benzene rings is 6. The molecule has 0 aliphatic carbocycles. The van der Waals surface area contributed by atoms with Gasteiger partial charge in [-0.25, -0.2) is 9.98 Å². The van der Waals surface area contributed by atoms with Crippen molar-refractivity contribution < 1.29 is 76.8 Å². The smallest absolute Gasteiger partial charge is 0.436 e. The van der Waals surface area contributed by atoms with Crippen LogP contribution in [0.4, 0.5) is 34.7 Å². The van der Waals surface area contributed by atoms with Crippen LogP contribution in [0.5, 0.6) is 28.7 Å². The van der Waals surface area contributed by atoms with Crippen LogP contribution in [0, 0.1) is 13.8 Å². The van der Waals surface area contributed by atoms with Crippen LogP contribution in [-0.4, -0.2) is 106 Å². The molecule has 0 fully saturated rings. The summed E-state index contributed by atoms with van der Waals surface area (Å²) in [4.78, 5) is 64.6. The van der Waals surface area contributed by atoms with Gasteiger partial charge in [-0.1, -0.05) is 83.6 Å². The molecule has 0 spiro atoms. The Morgan fingerprint density at radius 3 is 2.01 bits per heavy atom. The minimum Gasteiger partial charge on any atom is -0.506 e. The third kappa shape index (κ3) is 15.7. The lowest BCUT2D eigenvalue weighted by molar-refractivity contribution is -0.187. The fourth-order valence-electron chi connectivity index (χ4n) is 6.96. The predicted molar refractivity (Wildman–Crippen MR) is 288 cm³/mol. The van der Waals surface area contributed by atoms with Gasteiger partial charge in [0.2, 0.25) is 6.40 Å². The van der Waals surface area contributed by atoms with Crippen molar-refractivity contribution in [2.24, 2.45) is 4.99 Å². The lowest BCUT2D eigenvalue weighted by Gasteiger charge is -2.15. The van der Waals surface area contributed by atoms with Crippen molar-refractivity contribution in [2.75, 3.05) is 66.0 Å². The maximum absolute atomic E-state index is 13.8. The first-order valence-corrected chi connectivity index (χ1v) is 25.9. The molecule has 7 aromatic rings. The second kappa shape index (κ2) is 27.2. The first-order chi connectivity index (χ1) is 36.4. The molecular formula is C51H47ClF3N5O13S3. The van der Waals surface area contributed by atoms with Gasteiger partial charge in [0.1, 0.15) is 33.7 Å². The second-order valence-electron chi connectivity index (χ2n) is 15.7.